The van der Waals surface area contributed by atoms with Crippen LogP contribution in [0.5, 0.6) is 11.5 Å². The minimum Gasteiger partial charge on any atom is -0.457 e. The fraction of sp³-hybridized carbons (Fsp3) is 0.350. The summed E-state index contributed by atoms with van der Waals surface area (Å²) in [6, 6.07) is 17.1. The van der Waals surface area contributed by atoms with Gasteiger partial charge in [0.05, 0.1) is 6.54 Å². The second kappa shape index (κ2) is 8.65. The number of likely N-dealkylation sites (N-methyl/N-ethyl adjacent to an activating group) is 1. The van der Waals surface area contributed by atoms with Gasteiger partial charge in [-0.05, 0) is 63.0 Å². The number of carbonyl (C=O) groups excluding carboxylic acids is 1. The van der Waals surface area contributed by atoms with Crippen molar-refractivity contribution in [3.8, 4) is 11.5 Å². The number of para-hydroxylation sites is 1. The summed E-state index contributed by atoms with van der Waals surface area (Å²) in [7, 11) is 2.13. The number of hydrogen-bond acceptors (Lipinski definition) is 4. The summed E-state index contributed by atoms with van der Waals surface area (Å²) in [5.41, 5.74) is 0.789. The van der Waals surface area contributed by atoms with Crippen LogP contribution in [-0.4, -0.2) is 55.5 Å². The third-order valence-corrected chi connectivity index (χ3v) is 4.30. The van der Waals surface area contributed by atoms with E-state index in [0.29, 0.717) is 6.54 Å². The lowest BCUT2D eigenvalue weighted by Gasteiger charge is -2.19. The molecule has 0 saturated carbocycles. The van der Waals surface area contributed by atoms with Crippen LogP contribution < -0.4 is 10.1 Å². The summed E-state index contributed by atoms with van der Waals surface area (Å²) in [6.45, 7) is 4.46. The van der Waals surface area contributed by atoms with Gasteiger partial charge in [-0.2, -0.15) is 0 Å². The number of anilines is 1. The van der Waals surface area contributed by atoms with Crippen LogP contribution in [0.1, 0.15) is 6.42 Å². The van der Waals surface area contributed by atoms with Gasteiger partial charge in [0.25, 0.3) is 0 Å². The molecule has 5 heteroatoms. The van der Waals surface area contributed by atoms with Gasteiger partial charge in [-0.15, -0.1) is 0 Å². The molecule has 25 heavy (non-hydrogen) atoms. The molecule has 132 valence electrons. The molecule has 0 aliphatic carbocycles. The van der Waals surface area contributed by atoms with Crippen LogP contribution in [0.15, 0.2) is 54.6 Å². The van der Waals surface area contributed by atoms with Crippen molar-refractivity contribution in [3.63, 3.8) is 0 Å². The maximum atomic E-state index is 12.3. The third-order valence-electron chi connectivity index (χ3n) is 4.30. The van der Waals surface area contributed by atoms with Crippen molar-refractivity contribution in [2.24, 2.45) is 0 Å². The van der Waals surface area contributed by atoms with Gasteiger partial charge >= 0.3 is 0 Å². The van der Waals surface area contributed by atoms with Gasteiger partial charge in [-0.3, -0.25) is 9.69 Å². The first-order valence-electron chi connectivity index (χ1n) is 8.73. The van der Waals surface area contributed by atoms with Crippen LogP contribution in [0.4, 0.5) is 5.69 Å². The maximum Gasteiger partial charge on any atom is 0.238 e. The number of ether oxygens (including phenoxy) is 1. The quantitative estimate of drug-likeness (QED) is 0.909. The molecule has 1 fully saturated rings. The molecule has 2 aromatic rings. The molecule has 0 bridgehead atoms. The minimum absolute atomic E-state index is 0.0290. The Morgan fingerprint density at radius 2 is 1.68 bits per heavy atom. The molecule has 0 spiro atoms. The van der Waals surface area contributed by atoms with Gasteiger partial charge in [0.2, 0.25) is 5.91 Å². The van der Waals surface area contributed by atoms with E-state index in [1.165, 1.54) is 0 Å². The molecule has 0 unspecified atom stereocenters. The lowest BCUT2D eigenvalue weighted by atomic mass is 10.3. The summed E-state index contributed by atoms with van der Waals surface area (Å²) in [4.78, 5) is 16.8. The van der Waals surface area contributed by atoms with Crippen molar-refractivity contribution in [2.45, 2.75) is 6.42 Å². The molecule has 3 rings (SSSR count). The van der Waals surface area contributed by atoms with Crippen molar-refractivity contribution in [3.05, 3.63) is 54.6 Å². The lowest BCUT2D eigenvalue weighted by Crippen LogP contribution is -2.35. The molecule has 0 radical (unpaired) electrons. The number of nitrogens with one attached hydrogen (secondary N) is 1. The fourth-order valence-corrected chi connectivity index (χ4v) is 2.89. The van der Waals surface area contributed by atoms with E-state index in [1.54, 1.807) is 0 Å². The second-order valence-electron chi connectivity index (χ2n) is 6.42. The average Bonchev–Trinajstić information content (AvgIpc) is 2.82. The normalized spacial score (nSPS) is 16.2. The number of hydrogen-bond donors (Lipinski definition) is 1. The second-order valence-corrected chi connectivity index (χ2v) is 6.42. The molecular formula is C20H25N3O2. The van der Waals surface area contributed by atoms with Crippen LogP contribution in [0.25, 0.3) is 0 Å². The van der Waals surface area contributed by atoms with E-state index in [0.717, 1.165) is 49.8 Å². The highest BCUT2D eigenvalue weighted by molar-refractivity contribution is 5.92. The molecule has 1 aliphatic heterocycles. The van der Waals surface area contributed by atoms with Crippen molar-refractivity contribution >= 4 is 11.6 Å². The van der Waals surface area contributed by atoms with Gasteiger partial charge in [0.1, 0.15) is 11.5 Å². The number of benzene rings is 2. The zero-order valence-corrected chi connectivity index (χ0v) is 14.6. The average molecular weight is 339 g/mol. The van der Waals surface area contributed by atoms with E-state index in [9.17, 15) is 4.79 Å². The summed E-state index contributed by atoms with van der Waals surface area (Å²) in [5, 5.41) is 2.96. The molecule has 1 N–H and O–H groups in total. The van der Waals surface area contributed by atoms with Crippen LogP contribution >= 0.6 is 0 Å². The Kier molecular flexibility index (Phi) is 6.04. The van der Waals surface area contributed by atoms with E-state index in [2.05, 4.69) is 22.2 Å². The highest BCUT2D eigenvalue weighted by atomic mass is 16.5. The molecule has 1 heterocycles. The van der Waals surface area contributed by atoms with Crippen molar-refractivity contribution < 1.29 is 9.53 Å². The molecule has 2 aromatic carbocycles. The first-order valence-corrected chi connectivity index (χ1v) is 8.73. The topological polar surface area (TPSA) is 44.8 Å². The molecule has 1 amide bonds. The largest absolute Gasteiger partial charge is 0.457 e. The number of amides is 1. The van der Waals surface area contributed by atoms with Crippen molar-refractivity contribution in [2.75, 3.05) is 45.1 Å². The predicted octanol–water partition coefficient (Wildman–Crippen LogP) is 3.05. The smallest absolute Gasteiger partial charge is 0.238 e. The molecule has 1 aliphatic rings. The van der Waals surface area contributed by atoms with Gasteiger partial charge in [0.15, 0.2) is 0 Å². The highest BCUT2D eigenvalue weighted by Crippen LogP contribution is 2.22. The molecule has 0 aromatic heterocycles. The SMILES string of the molecule is CN1CCCN(CC(=O)Nc2ccc(Oc3ccccc3)cc2)CC1. The van der Waals surface area contributed by atoms with Gasteiger partial charge in [-0.25, -0.2) is 0 Å². The summed E-state index contributed by atoms with van der Waals surface area (Å²) in [5.74, 6) is 1.58. The van der Waals surface area contributed by atoms with Gasteiger partial charge in [0, 0.05) is 18.8 Å². The number of carbonyl (C=O) groups is 1. The Hall–Kier alpha value is -2.37. The van der Waals surface area contributed by atoms with E-state index in [4.69, 9.17) is 4.74 Å². The van der Waals surface area contributed by atoms with Crippen molar-refractivity contribution in [1.29, 1.82) is 0 Å². The van der Waals surface area contributed by atoms with Crippen LogP contribution in [0.2, 0.25) is 0 Å². The Bertz CT molecular complexity index is 673. The summed E-state index contributed by atoms with van der Waals surface area (Å²) < 4.78 is 5.76. The summed E-state index contributed by atoms with van der Waals surface area (Å²) >= 11 is 0. The molecular weight excluding hydrogens is 314 g/mol. The first-order chi connectivity index (χ1) is 12.2. The third kappa shape index (κ3) is 5.59. The summed E-state index contributed by atoms with van der Waals surface area (Å²) in [6.07, 6.45) is 1.11. The van der Waals surface area contributed by atoms with E-state index >= 15 is 0 Å². The van der Waals surface area contributed by atoms with Gasteiger partial charge in [-0.1, -0.05) is 18.2 Å². The Morgan fingerprint density at radius 3 is 2.44 bits per heavy atom. The Morgan fingerprint density at radius 1 is 0.960 bits per heavy atom. The number of rotatable bonds is 5. The molecule has 1 saturated heterocycles. The standard InChI is InChI=1S/C20H25N3O2/c1-22-12-5-13-23(15-14-22)16-20(24)21-17-8-10-19(11-9-17)25-18-6-3-2-4-7-18/h2-4,6-11H,5,12-16H2,1H3,(H,21,24). The van der Waals surface area contributed by atoms with Crippen molar-refractivity contribution in [1.82, 2.24) is 9.80 Å². The fourth-order valence-electron chi connectivity index (χ4n) is 2.89. The zero-order chi connectivity index (χ0) is 17.5. The lowest BCUT2D eigenvalue weighted by molar-refractivity contribution is -0.117. The highest BCUT2D eigenvalue weighted by Gasteiger charge is 2.15. The van der Waals surface area contributed by atoms with Crippen LogP contribution in [0.3, 0.4) is 0 Å². The Balaban J connectivity index is 1.50. The van der Waals surface area contributed by atoms with Gasteiger partial charge < -0.3 is 15.0 Å². The monoisotopic (exact) mass is 339 g/mol. The van der Waals surface area contributed by atoms with Crippen LogP contribution in [0, 0.1) is 0 Å². The van der Waals surface area contributed by atoms with E-state index < -0.39 is 0 Å². The van der Waals surface area contributed by atoms with E-state index in [-0.39, 0.29) is 5.91 Å². The first kappa shape index (κ1) is 17.5. The maximum absolute atomic E-state index is 12.3. The van der Waals surface area contributed by atoms with E-state index in [1.807, 2.05) is 54.6 Å². The minimum atomic E-state index is 0.0290. The van der Waals surface area contributed by atoms with Crippen LogP contribution in [-0.2, 0) is 4.79 Å². The zero-order valence-electron chi connectivity index (χ0n) is 14.6. The predicted molar refractivity (Wildman–Crippen MR) is 100 cm³/mol. The number of nitrogens with zero attached hydrogens (tertiary/aromatic N) is 2. The molecule has 0 atom stereocenters. The Labute approximate surface area is 149 Å². The molecule has 5 nitrogen and oxygen atoms in total.